The zero-order valence-corrected chi connectivity index (χ0v) is 19.9. The predicted octanol–water partition coefficient (Wildman–Crippen LogP) is 4.18. The van der Waals surface area contributed by atoms with E-state index < -0.39 is 0 Å². The Morgan fingerprint density at radius 2 is 1.81 bits per heavy atom. The standard InChI is InChI=1S/C25H33ClN4O2/c1-4-20(5-2)25(32)30-13-11-29(12-14-30)23-10-9-21(17-27-23)24(31)28-18(3)15-19-7-6-8-22(26)16-19/h6-10,16-18,20H,4-5,11-15H2,1-3H3,(H,28,31). The number of hydrogen-bond donors (Lipinski definition) is 1. The molecular formula is C25H33ClN4O2. The van der Waals surface area contributed by atoms with Crippen molar-refractivity contribution in [3.8, 4) is 0 Å². The van der Waals surface area contributed by atoms with Gasteiger partial charge < -0.3 is 15.1 Å². The predicted molar refractivity (Wildman–Crippen MR) is 129 cm³/mol. The van der Waals surface area contributed by atoms with E-state index >= 15 is 0 Å². The number of piperazine rings is 1. The molecule has 6 nitrogen and oxygen atoms in total. The first-order valence-corrected chi connectivity index (χ1v) is 11.8. The molecule has 0 bridgehead atoms. The fourth-order valence-corrected chi connectivity index (χ4v) is 4.35. The van der Waals surface area contributed by atoms with Crippen molar-refractivity contribution in [2.24, 2.45) is 5.92 Å². The van der Waals surface area contributed by atoms with E-state index in [1.165, 1.54) is 0 Å². The van der Waals surface area contributed by atoms with Crippen LogP contribution in [0.1, 0.15) is 49.5 Å². The Morgan fingerprint density at radius 1 is 1.09 bits per heavy atom. The lowest BCUT2D eigenvalue weighted by atomic mass is 10.0. The van der Waals surface area contributed by atoms with Gasteiger partial charge in [-0.25, -0.2) is 4.98 Å². The number of aromatic nitrogens is 1. The van der Waals surface area contributed by atoms with Gasteiger partial charge in [-0.05, 0) is 56.0 Å². The van der Waals surface area contributed by atoms with E-state index in [9.17, 15) is 9.59 Å². The summed E-state index contributed by atoms with van der Waals surface area (Å²) >= 11 is 6.04. The van der Waals surface area contributed by atoms with Gasteiger partial charge in [0, 0.05) is 49.4 Å². The fraction of sp³-hybridized carbons (Fsp3) is 0.480. The lowest BCUT2D eigenvalue weighted by molar-refractivity contribution is -0.136. The van der Waals surface area contributed by atoms with Crippen molar-refractivity contribution in [2.75, 3.05) is 31.1 Å². The minimum Gasteiger partial charge on any atom is -0.353 e. The van der Waals surface area contributed by atoms with E-state index in [-0.39, 0.29) is 23.8 Å². The van der Waals surface area contributed by atoms with E-state index in [2.05, 4.69) is 29.0 Å². The van der Waals surface area contributed by atoms with Gasteiger partial charge >= 0.3 is 0 Å². The van der Waals surface area contributed by atoms with Gasteiger partial charge in [-0.2, -0.15) is 0 Å². The summed E-state index contributed by atoms with van der Waals surface area (Å²) in [4.78, 5) is 33.8. The zero-order chi connectivity index (χ0) is 23.1. The van der Waals surface area contributed by atoms with Crippen LogP contribution in [0, 0.1) is 5.92 Å². The number of amides is 2. The first-order valence-electron chi connectivity index (χ1n) is 11.5. The molecule has 1 aliphatic heterocycles. The van der Waals surface area contributed by atoms with Crippen molar-refractivity contribution in [1.82, 2.24) is 15.2 Å². The number of carbonyl (C=O) groups excluding carboxylic acids is 2. The second-order valence-corrected chi connectivity index (χ2v) is 8.88. The van der Waals surface area contributed by atoms with Crippen LogP contribution in [0.4, 0.5) is 5.82 Å². The summed E-state index contributed by atoms with van der Waals surface area (Å²) < 4.78 is 0. The summed E-state index contributed by atoms with van der Waals surface area (Å²) in [6, 6.07) is 11.3. The Balaban J connectivity index is 1.51. The van der Waals surface area contributed by atoms with Crippen LogP contribution >= 0.6 is 11.6 Å². The summed E-state index contributed by atoms with van der Waals surface area (Å²) in [6.45, 7) is 9.04. The first-order chi connectivity index (χ1) is 15.4. The molecule has 2 heterocycles. The summed E-state index contributed by atoms with van der Waals surface area (Å²) in [6.07, 6.45) is 4.10. The smallest absolute Gasteiger partial charge is 0.253 e. The van der Waals surface area contributed by atoms with Crippen LogP contribution < -0.4 is 10.2 Å². The maximum absolute atomic E-state index is 12.6. The highest BCUT2D eigenvalue weighted by molar-refractivity contribution is 6.30. The molecule has 32 heavy (non-hydrogen) atoms. The van der Waals surface area contributed by atoms with Gasteiger partial charge in [0.05, 0.1) is 5.56 Å². The summed E-state index contributed by atoms with van der Waals surface area (Å²) in [7, 11) is 0. The molecule has 1 aromatic heterocycles. The van der Waals surface area contributed by atoms with Crippen LogP contribution in [0.25, 0.3) is 0 Å². The van der Waals surface area contributed by atoms with E-state index in [1.54, 1.807) is 6.20 Å². The molecule has 0 spiro atoms. The topological polar surface area (TPSA) is 65.5 Å². The minimum atomic E-state index is -0.140. The lowest BCUT2D eigenvalue weighted by Crippen LogP contribution is -2.50. The van der Waals surface area contributed by atoms with Crippen LogP contribution in [0.2, 0.25) is 5.02 Å². The van der Waals surface area contributed by atoms with Crippen molar-refractivity contribution in [2.45, 2.75) is 46.1 Å². The SMILES string of the molecule is CCC(CC)C(=O)N1CCN(c2ccc(C(=O)NC(C)Cc3cccc(Cl)c3)cn2)CC1. The molecule has 0 aliphatic carbocycles. The van der Waals surface area contributed by atoms with Gasteiger partial charge in [-0.1, -0.05) is 37.6 Å². The molecule has 1 aromatic carbocycles. The third-order valence-corrected chi connectivity index (χ3v) is 6.30. The summed E-state index contributed by atoms with van der Waals surface area (Å²) in [5, 5.41) is 3.72. The van der Waals surface area contributed by atoms with Crippen molar-refractivity contribution < 1.29 is 9.59 Å². The number of benzene rings is 1. The average Bonchev–Trinajstić information content (AvgIpc) is 2.80. The van der Waals surface area contributed by atoms with Crippen LogP contribution in [-0.2, 0) is 11.2 Å². The molecule has 172 valence electrons. The van der Waals surface area contributed by atoms with E-state index in [1.807, 2.05) is 48.2 Å². The van der Waals surface area contributed by atoms with E-state index in [4.69, 9.17) is 11.6 Å². The largest absolute Gasteiger partial charge is 0.353 e. The number of nitrogens with one attached hydrogen (secondary N) is 1. The number of anilines is 1. The number of nitrogens with zero attached hydrogens (tertiary/aromatic N) is 3. The van der Waals surface area contributed by atoms with Crippen LogP contribution in [0.15, 0.2) is 42.6 Å². The second kappa shape index (κ2) is 11.3. The van der Waals surface area contributed by atoms with Gasteiger partial charge in [-0.3, -0.25) is 9.59 Å². The van der Waals surface area contributed by atoms with Crippen molar-refractivity contribution in [3.05, 3.63) is 58.7 Å². The number of pyridine rings is 1. The third kappa shape index (κ3) is 6.22. The molecular weight excluding hydrogens is 424 g/mol. The molecule has 7 heteroatoms. The second-order valence-electron chi connectivity index (χ2n) is 8.44. The molecule has 1 aliphatic rings. The summed E-state index contributed by atoms with van der Waals surface area (Å²) in [5.74, 6) is 1.09. The number of halogens is 1. The van der Waals surface area contributed by atoms with Crippen molar-refractivity contribution in [3.63, 3.8) is 0 Å². The molecule has 1 N–H and O–H groups in total. The number of rotatable bonds is 8. The van der Waals surface area contributed by atoms with Crippen molar-refractivity contribution >= 4 is 29.2 Å². The number of hydrogen-bond acceptors (Lipinski definition) is 4. The molecule has 2 aromatic rings. The maximum Gasteiger partial charge on any atom is 0.253 e. The zero-order valence-electron chi connectivity index (χ0n) is 19.2. The molecule has 0 radical (unpaired) electrons. The average molecular weight is 457 g/mol. The Morgan fingerprint density at radius 3 is 2.41 bits per heavy atom. The quantitative estimate of drug-likeness (QED) is 0.647. The molecule has 3 rings (SSSR count). The number of carbonyl (C=O) groups is 2. The maximum atomic E-state index is 12.6. The Labute approximate surface area is 196 Å². The molecule has 1 atom stereocenters. The van der Waals surface area contributed by atoms with Gasteiger partial charge in [0.15, 0.2) is 0 Å². The molecule has 0 saturated carbocycles. The van der Waals surface area contributed by atoms with Crippen molar-refractivity contribution in [1.29, 1.82) is 0 Å². The Bertz CT molecular complexity index is 906. The third-order valence-electron chi connectivity index (χ3n) is 6.07. The minimum absolute atomic E-state index is 0.0266. The van der Waals surface area contributed by atoms with Gasteiger partial charge in [-0.15, -0.1) is 0 Å². The Hall–Kier alpha value is -2.60. The highest BCUT2D eigenvalue weighted by Crippen LogP contribution is 2.18. The van der Waals surface area contributed by atoms with Crippen LogP contribution in [0.3, 0.4) is 0 Å². The molecule has 1 fully saturated rings. The van der Waals surface area contributed by atoms with E-state index in [0.717, 1.165) is 37.3 Å². The normalized spacial score (nSPS) is 15.0. The van der Waals surface area contributed by atoms with Crippen LogP contribution in [0.5, 0.6) is 0 Å². The highest BCUT2D eigenvalue weighted by atomic mass is 35.5. The van der Waals surface area contributed by atoms with Crippen LogP contribution in [-0.4, -0.2) is 53.9 Å². The van der Waals surface area contributed by atoms with E-state index in [0.29, 0.717) is 30.1 Å². The fourth-order valence-electron chi connectivity index (χ4n) is 4.14. The molecule has 1 saturated heterocycles. The first kappa shape index (κ1) is 24.1. The monoisotopic (exact) mass is 456 g/mol. The summed E-state index contributed by atoms with van der Waals surface area (Å²) in [5.41, 5.74) is 1.62. The highest BCUT2D eigenvalue weighted by Gasteiger charge is 2.26. The Kier molecular flexibility index (Phi) is 8.51. The van der Waals surface area contributed by atoms with Gasteiger partial charge in [0.1, 0.15) is 5.82 Å². The molecule has 2 amide bonds. The lowest BCUT2D eigenvalue weighted by Gasteiger charge is -2.36. The van der Waals surface area contributed by atoms with Gasteiger partial charge in [0.25, 0.3) is 5.91 Å². The molecule has 1 unspecified atom stereocenters. The van der Waals surface area contributed by atoms with Gasteiger partial charge in [0.2, 0.25) is 5.91 Å².